The van der Waals surface area contributed by atoms with E-state index in [0.717, 1.165) is 40.9 Å². The molecule has 1 N–H and O–H groups in total. The summed E-state index contributed by atoms with van der Waals surface area (Å²) in [6.45, 7) is 2.55. The maximum absolute atomic E-state index is 12.3. The maximum Gasteiger partial charge on any atom is 0.265 e. The van der Waals surface area contributed by atoms with Crippen LogP contribution in [-0.2, 0) is 4.79 Å². The first kappa shape index (κ1) is 18.8. The Labute approximate surface area is 176 Å². The molecule has 1 aliphatic heterocycles. The summed E-state index contributed by atoms with van der Waals surface area (Å²) >= 11 is 0. The zero-order chi connectivity index (χ0) is 20.7. The number of amides is 1. The van der Waals surface area contributed by atoms with Crippen molar-refractivity contribution in [3.8, 4) is 28.3 Å². The second-order valence-electron chi connectivity index (χ2n) is 7.95. The fourth-order valence-corrected chi connectivity index (χ4v) is 4.31. The lowest BCUT2D eigenvalue weighted by Crippen LogP contribution is -2.39. The monoisotopic (exact) mass is 400 g/mol. The first-order valence-electron chi connectivity index (χ1n) is 10.5. The van der Waals surface area contributed by atoms with Crippen molar-refractivity contribution in [2.24, 2.45) is 0 Å². The van der Waals surface area contributed by atoms with Gasteiger partial charge in [0.1, 0.15) is 5.69 Å². The highest BCUT2D eigenvalue weighted by molar-refractivity contribution is 5.99. The van der Waals surface area contributed by atoms with Crippen molar-refractivity contribution < 1.29 is 14.6 Å². The van der Waals surface area contributed by atoms with Crippen LogP contribution in [0.2, 0.25) is 0 Å². The van der Waals surface area contributed by atoms with E-state index in [-0.39, 0.29) is 18.6 Å². The van der Waals surface area contributed by atoms with Gasteiger partial charge in [0.15, 0.2) is 6.61 Å². The van der Waals surface area contributed by atoms with Crippen LogP contribution >= 0.6 is 0 Å². The third kappa shape index (κ3) is 3.25. The summed E-state index contributed by atoms with van der Waals surface area (Å²) in [5.74, 6) is 0.884. The molecule has 0 radical (unpaired) electrons. The lowest BCUT2D eigenvalue weighted by atomic mass is 9.77. The number of fused-ring (bicyclic) bond motifs is 1. The third-order valence-corrected chi connectivity index (χ3v) is 6.06. The molecular weight excluding hydrogens is 376 g/mol. The molecule has 1 fully saturated rings. The minimum Gasteiger partial charge on any atom is -0.466 e. The molecule has 5 nitrogen and oxygen atoms in total. The fourth-order valence-electron chi connectivity index (χ4n) is 4.31. The Balaban J connectivity index is 1.61. The van der Waals surface area contributed by atoms with Crippen LogP contribution in [0.15, 0.2) is 60.7 Å². The molecule has 0 bridgehead atoms. The van der Waals surface area contributed by atoms with Gasteiger partial charge in [-0.25, -0.2) is 4.98 Å². The molecule has 0 spiro atoms. The van der Waals surface area contributed by atoms with Crippen LogP contribution in [0.5, 0.6) is 5.88 Å². The quantitative estimate of drug-likeness (QED) is 0.705. The minimum atomic E-state index is -0.164. The molecule has 5 heteroatoms. The summed E-state index contributed by atoms with van der Waals surface area (Å²) in [4.78, 5) is 18.9. The van der Waals surface area contributed by atoms with E-state index in [0.29, 0.717) is 18.3 Å². The summed E-state index contributed by atoms with van der Waals surface area (Å²) in [5.41, 5.74) is 5.83. The van der Waals surface area contributed by atoms with E-state index < -0.39 is 0 Å². The Hall–Kier alpha value is -3.18. The predicted molar refractivity (Wildman–Crippen MR) is 117 cm³/mol. The van der Waals surface area contributed by atoms with Crippen LogP contribution in [-0.4, -0.2) is 35.3 Å². The lowest BCUT2D eigenvalue weighted by molar-refractivity contribution is -0.121. The number of anilines is 1. The number of carbonyl (C=O) groups is 1. The maximum atomic E-state index is 12.3. The van der Waals surface area contributed by atoms with Gasteiger partial charge in [-0.3, -0.25) is 4.79 Å². The van der Waals surface area contributed by atoms with Crippen molar-refractivity contribution in [3.05, 3.63) is 66.2 Å². The number of aliphatic hydroxyl groups excluding tert-OH is 1. The molecule has 30 heavy (non-hydrogen) atoms. The number of nitrogens with zero attached hydrogens (tertiary/aromatic N) is 2. The normalized spacial score (nSPS) is 20.3. The van der Waals surface area contributed by atoms with Crippen molar-refractivity contribution in [2.75, 3.05) is 18.1 Å². The summed E-state index contributed by atoms with van der Waals surface area (Å²) in [7, 11) is 0. The van der Waals surface area contributed by atoms with Gasteiger partial charge in [-0.15, -0.1) is 0 Å². The van der Waals surface area contributed by atoms with Gasteiger partial charge in [-0.2, -0.15) is 0 Å². The number of benzene rings is 2. The Morgan fingerprint density at radius 2 is 1.80 bits per heavy atom. The highest BCUT2D eigenvalue weighted by Crippen LogP contribution is 2.41. The highest BCUT2D eigenvalue weighted by atomic mass is 16.5. The highest BCUT2D eigenvalue weighted by Gasteiger charge is 2.29. The molecule has 2 aromatic carbocycles. The van der Waals surface area contributed by atoms with Crippen molar-refractivity contribution in [1.29, 1.82) is 0 Å². The van der Waals surface area contributed by atoms with E-state index in [9.17, 15) is 9.90 Å². The second-order valence-corrected chi connectivity index (χ2v) is 7.95. The van der Waals surface area contributed by atoms with E-state index in [4.69, 9.17) is 9.72 Å². The zero-order valence-corrected chi connectivity index (χ0v) is 16.9. The van der Waals surface area contributed by atoms with Crippen LogP contribution in [0.3, 0.4) is 0 Å². The van der Waals surface area contributed by atoms with E-state index in [2.05, 4.69) is 36.4 Å². The molecule has 5 rings (SSSR count). The summed E-state index contributed by atoms with van der Waals surface area (Å²) in [6, 6.07) is 20.6. The summed E-state index contributed by atoms with van der Waals surface area (Å²) < 4.78 is 5.69. The molecule has 1 aromatic heterocycles. The second kappa shape index (κ2) is 7.58. The fraction of sp³-hybridized carbons (Fsp3) is 0.280. The van der Waals surface area contributed by atoms with Gasteiger partial charge in [-0.1, -0.05) is 54.6 Å². The first-order chi connectivity index (χ1) is 14.6. The number of pyridine rings is 1. The van der Waals surface area contributed by atoms with E-state index >= 15 is 0 Å². The number of rotatable bonds is 4. The van der Waals surface area contributed by atoms with Crippen LogP contribution in [0.4, 0.5) is 5.69 Å². The van der Waals surface area contributed by atoms with Crippen molar-refractivity contribution in [1.82, 2.24) is 4.98 Å². The molecule has 2 aliphatic rings. The van der Waals surface area contributed by atoms with Crippen LogP contribution < -0.4 is 9.64 Å². The number of carbonyl (C=O) groups excluding carboxylic acids is 1. The van der Waals surface area contributed by atoms with Gasteiger partial charge >= 0.3 is 0 Å². The number of ether oxygens (including phenoxy) is 1. The average Bonchev–Trinajstić information content (AvgIpc) is 2.77. The number of aliphatic hydroxyl groups is 1. The van der Waals surface area contributed by atoms with Gasteiger partial charge in [0.05, 0.1) is 11.8 Å². The van der Waals surface area contributed by atoms with Crippen molar-refractivity contribution in [2.45, 2.75) is 31.8 Å². The third-order valence-electron chi connectivity index (χ3n) is 6.06. The molecule has 3 aromatic rings. The van der Waals surface area contributed by atoms with Crippen LogP contribution in [0.25, 0.3) is 22.4 Å². The van der Waals surface area contributed by atoms with Gasteiger partial charge in [0.25, 0.3) is 5.91 Å². The Bertz CT molecular complexity index is 1070. The summed E-state index contributed by atoms with van der Waals surface area (Å²) in [5, 5.41) is 9.60. The first-order valence-corrected chi connectivity index (χ1v) is 10.5. The average molecular weight is 400 g/mol. The summed E-state index contributed by atoms with van der Waals surface area (Å²) in [6.07, 6.45) is 1.50. The topological polar surface area (TPSA) is 62.7 Å². The van der Waals surface area contributed by atoms with E-state index in [1.807, 2.05) is 31.2 Å². The standard InChI is InChI=1S/C25H24N2O3/c1-2-27-22-14-21(17-6-4-3-5-7-17)24(26-25(22)30-15-23(27)29)18-10-8-16(9-11-18)19-12-20(28)13-19/h3-11,14,19-20,28H,2,12-13,15H2,1H3. The molecule has 0 saturated heterocycles. The molecule has 0 unspecified atom stereocenters. The van der Waals surface area contributed by atoms with E-state index in [1.165, 1.54) is 5.56 Å². The number of likely N-dealkylation sites (N-methyl/N-ethyl adjacent to an activating group) is 1. The Morgan fingerprint density at radius 1 is 1.07 bits per heavy atom. The minimum absolute atomic E-state index is 0.0148. The Morgan fingerprint density at radius 3 is 2.47 bits per heavy atom. The van der Waals surface area contributed by atoms with Gasteiger partial charge in [0.2, 0.25) is 5.88 Å². The largest absolute Gasteiger partial charge is 0.466 e. The molecule has 152 valence electrons. The van der Waals surface area contributed by atoms with Crippen molar-refractivity contribution in [3.63, 3.8) is 0 Å². The van der Waals surface area contributed by atoms with Gasteiger partial charge < -0.3 is 14.7 Å². The molecule has 1 amide bonds. The number of hydrogen-bond acceptors (Lipinski definition) is 4. The van der Waals surface area contributed by atoms with Crippen LogP contribution in [0.1, 0.15) is 31.2 Å². The van der Waals surface area contributed by atoms with E-state index in [1.54, 1.807) is 4.90 Å². The molecule has 1 aliphatic carbocycles. The zero-order valence-electron chi connectivity index (χ0n) is 16.9. The molecule has 2 heterocycles. The number of hydrogen-bond donors (Lipinski definition) is 1. The lowest BCUT2D eigenvalue weighted by Gasteiger charge is -2.31. The van der Waals surface area contributed by atoms with Gasteiger partial charge in [-0.05, 0) is 42.9 Å². The predicted octanol–water partition coefficient (Wildman–Crippen LogP) is 4.40. The SMILES string of the molecule is CCN1C(=O)COc2nc(-c3ccc(C4CC(O)C4)cc3)c(-c3ccccc3)cc21. The molecular formula is C25H24N2O3. The molecule has 1 saturated carbocycles. The molecule has 0 atom stereocenters. The van der Waals surface area contributed by atoms with Gasteiger partial charge in [0, 0.05) is 17.7 Å². The van der Waals surface area contributed by atoms with Crippen molar-refractivity contribution >= 4 is 11.6 Å². The number of aromatic nitrogens is 1. The smallest absolute Gasteiger partial charge is 0.265 e. The Kier molecular flexibility index (Phi) is 4.75. The van der Waals surface area contributed by atoms with Crippen LogP contribution in [0, 0.1) is 0 Å².